The minimum atomic E-state index is -0.925. The van der Waals surface area contributed by atoms with Crippen molar-refractivity contribution in [1.29, 1.82) is 0 Å². The Balaban J connectivity index is 1.82. The number of allylic oxidation sites excluding steroid dienone is 4. The van der Waals surface area contributed by atoms with Crippen LogP contribution in [0.15, 0.2) is 23.8 Å². The summed E-state index contributed by atoms with van der Waals surface area (Å²) in [5, 5.41) is 28.3. The number of carbonyl (C=O) groups is 1. The van der Waals surface area contributed by atoms with E-state index < -0.39 is 18.1 Å². The molecule has 0 saturated heterocycles. The molecule has 2 aliphatic carbocycles. The van der Waals surface area contributed by atoms with E-state index in [0.29, 0.717) is 24.2 Å². The van der Waals surface area contributed by atoms with Crippen LogP contribution in [0.25, 0.3) is 0 Å². The Bertz CT molecular complexity index is 460. The number of aliphatic hydroxyl groups is 2. The Kier molecular flexibility index (Phi) is 6.81. The van der Waals surface area contributed by atoms with Crippen LogP contribution in [0, 0.1) is 17.8 Å². The second-order valence-corrected chi connectivity index (χ2v) is 6.98. The van der Waals surface area contributed by atoms with Crippen LogP contribution in [0.5, 0.6) is 0 Å². The molecule has 23 heavy (non-hydrogen) atoms. The van der Waals surface area contributed by atoms with Crippen LogP contribution < -0.4 is 5.48 Å². The number of amides is 1. The molecule has 0 aromatic carbocycles. The number of rotatable bonds is 7. The van der Waals surface area contributed by atoms with Crippen molar-refractivity contribution >= 4 is 5.91 Å². The van der Waals surface area contributed by atoms with Gasteiger partial charge in [0.1, 0.15) is 0 Å². The fourth-order valence-corrected chi connectivity index (χ4v) is 3.97. The van der Waals surface area contributed by atoms with Crippen LogP contribution in [0.1, 0.15) is 51.9 Å². The maximum atomic E-state index is 11.0. The molecule has 2 rings (SSSR count). The Hall–Kier alpha value is -1.17. The fourth-order valence-electron chi connectivity index (χ4n) is 3.97. The highest BCUT2D eigenvalue weighted by molar-refractivity contribution is 5.75. The predicted molar refractivity (Wildman–Crippen MR) is 87.6 cm³/mol. The molecule has 0 saturated carbocycles. The van der Waals surface area contributed by atoms with Crippen molar-refractivity contribution in [3.63, 3.8) is 0 Å². The molecule has 0 aliphatic heterocycles. The lowest BCUT2D eigenvalue weighted by molar-refractivity contribution is -0.131. The Morgan fingerprint density at radius 3 is 2.91 bits per heavy atom. The molecule has 0 spiro atoms. The molecule has 0 aromatic rings. The number of hydrogen-bond acceptors (Lipinski definition) is 4. The van der Waals surface area contributed by atoms with Gasteiger partial charge in [0.05, 0.1) is 18.6 Å². The Morgan fingerprint density at radius 1 is 1.39 bits per heavy atom. The van der Waals surface area contributed by atoms with Gasteiger partial charge >= 0.3 is 0 Å². The third kappa shape index (κ3) is 5.16. The molecular weight excluding hydrogens is 294 g/mol. The minimum Gasteiger partial charge on any atom is -0.393 e. The minimum absolute atomic E-state index is 0.164. The highest BCUT2D eigenvalue weighted by Crippen LogP contribution is 2.42. The first kappa shape index (κ1) is 18.2. The lowest BCUT2D eigenvalue weighted by atomic mass is 9.68. The van der Waals surface area contributed by atoms with Crippen molar-refractivity contribution in [3.8, 4) is 0 Å². The number of aliphatic hydroxyl groups excluding tert-OH is 2. The van der Waals surface area contributed by atoms with Crippen LogP contribution in [-0.4, -0.2) is 33.5 Å². The van der Waals surface area contributed by atoms with Crippen LogP contribution >= 0.6 is 0 Å². The summed E-state index contributed by atoms with van der Waals surface area (Å²) < 4.78 is 0. The van der Waals surface area contributed by atoms with E-state index in [0.717, 1.165) is 6.42 Å². The van der Waals surface area contributed by atoms with Gasteiger partial charge in [-0.25, -0.2) is 5.48 Å². The van der Waals surface area contributed by atoms with Gasteiger partial charge in [0.25, 0.3) is 0 Å². The monoisotopic (exact) mass is 323 g/mol. The number of hydrogen-bond donors (Lipinski definition) is 4. The van der Waals surface area contributed by atoms with E-state index in [2.05, 4.69) is 25.2 Å². The first-order chi connectivity index (χ1) is 11.0. The maximum Gasteiger partial charge on any atom is 0.245 e. The van der Waals surface area contributed by atoms with Crippen LogP contribution in [0.4, 0.5) is 0 Å². The summed E-state index contributed by atoms with van der Waals surface area (Å²) in [6.45, 7) is 2.24. The lowest BCUT2D eigenvalue weighted by Gasteiger charge is -2.37. The van der Waals surface area contributed by atoms with Crippen molar-refractivity contribution in [3.05, 3.63) is 23.8 Å². The molecule has 130 valence electrons. The first-order valence-electron chi connectivity index (χ1n) is 8.68. The van der Waals surface area contributed by atoms with Crippen molar-refractivity contribution in [2.75, 3.05) is 0 Å². The normalized spacial score (nSPS) is 29.4. The summed E-state index contributed by atoms with van der Waals surface area (Å²) in [6.07, 6.45) is 10.5. The zero-order chi connectivity index (χ0) is 16.8. The summed E-state index contributed by atoms with van der Waals surface area (Å²) in [5.41, 5.74) is 2.95. The maximum absolute atomic E-state index is 11.0. The fraction of sp³-hybridized carbons (Fsp3) is 0.722. The molecule has 1 amide bonds. The summed E-state index contributed by atoms with van der Waals surface area (Å²) in [4.78, 5) is 11.0. The van der Waals surface area contributed by atoms with E-state index in [4.69, 9.17) is 5.21 Å². The van der Waals surface area contributed by atoms with Crippen LogP contribution in [-0.2, 0) is 4.79 Å². The second-order valence-electron chi connectivity index (χ2n) is 6.98. The summed E-state index contributed by atoms with van der Waals surface area (Å²) in [5.74, 6) is 1.01. The van der Waals surface area contributed by atoms with E-state index in [1.54, 1.807) is 0 Å². The molecule has 5 atom stereocenters. The molecule has 0 heterocycles. The molecule has 5 nitrogen and oxygen atoms in total. The lowest BCUT2D eigenvalue weighted by Crippen LogP contribution is -2.29. The third-order valence-electron chi connectivity index (χ3n) is 5.23. The first-order valence-corrected chi connectivity index (χ1v) is 8.68. The van der Waals surface area contributed by atoms with Crippen molar-refractivity contribution < 1.29 is 20.2 Å². The van der Waals surface area contributed by atoms with Gasteiger partial charge in [-0.3, -0.25) is 10.0 Å². The van der Waals surface area contributed by atoms with Gasteiger partial charge in [0, 0.05) is 0 Å². The Morgan fingerprint density at radius 2 is 2.17 bits per heavy atom. The molecule has 5 unspecified atom stereocenters. The van der Waals surface area contributed by atoms with E-state index >= 15 is 0 Å². The van der Waals surface area contributed by atoms with Gasteiger partial charge in [-0.15, -0.1) is 0 Å². The number of carbonyl (C=O) groups excluding carboxylic acids is 1. The standard InChI is InChI=1S/C18H29NO4/c1-12-6-7-13-4-2-3-5-17(13)16(12)9-8-14(20)10-15(21)11-18(22)19-23/h4,6-7,12,14-17,20-21,23H,2-3,5,8-11H2,1H3,(H,19,22). The summed E-state index contributed by atoms with van der Waals surface area (Å²) in [6, 6.07) is 0. The van der Waals surface area contributed by atoms with E-state index in [9.17, 15) is 15.0 Å². The average Bonchev–Trinajstić information content (AvgIpc) is 2.53. The molecule has 0 bridgehead atoms. The zero-order valence-corrected chi connectivity index (χ0v) is 13.8. The summed E-state index contributed by atoms with van der Waals surface area (Å²) >= 11 is 0. The van der Waals surface area contributed by atoms with Gasteiger partial charge in [-0.2, -0.15) is 0 Å². The third-order valence-corrected chi connectivity index (χ3v) is 5.23. The molecule has 0 aromatic heterocycles. The van der Waals surface area contributed by atoms with Gasteiger partial charge in [0.15, 0.2) is 0 Å². The van der Waals surface area contributed by atoms with E-state index in [1.807, 2.05) is 0 Å². The molecular formula is C18H29NO4. The topological polar surface area (TPSA) is 89.8 Å². The second kappa shape index (κ2) is 8.62. The smallest absolute Gasteiger partial charge is 0.245 e. The number of hydroxylamine groups is 1. The number of fused-ring (bicyclic) bond motifs is 1. The summed E-state index contributed by atoms with van der Waals surface area (Å²) in [7, 11) is 0. The SMILES string of the molecule is CC1C=CC2=CCCCC2C1CCC(O)CC(O)CC(=O)NO. The molecule has 4 N–H and O–H groups in total. The zero-order valence-electron chi connectivity index (χ0n) is 13.8. The predicted octanol–water partition coefficient (Wildman–Crippen LogP) is 2.32. The highest BCUT2D eigenvalue weighted by Gasteiger charge is 2.32. The van der Waals surface area contributed by atoms with Crippen LogP contribution in [0.2, 0.25) is 0 Å². The van der Waals surface area contributed by atoms with Gasteiger partial charge in [0.2, 0.25) is 5.91 Å². The van der Waals surface area contributed by atoms with Crippen molar-refractivity contribution in [2.45, 2.75) is 64.1 Å². The van der Waals surface area contributed by atoms with E-state index in [1.165, 1.54) is 30.3 Å². The molecule has 2 aliphatic rings. The largest absolute Gasteiger partial charge is 0.393 e. The average molecular weight is 323 g/mol. The highest BCUT2D eigenvalue weighted by atomic mass is 16.5. The van der Waals surface area contributed by atoms with Crippen molar-refractivity contribution in [1.82, 2.24) is 5.48 Å². The van der Waals surface area contributed by atoms with E-state index in [-0.39, 0.29) is 12.8 Å². The van der Waals surface area contributed by atoms with Crippen LogP contribution in [0.3, 0.4) is 0 Å². The van der Waals surface area contributed by atoms with Crippen molar-refractivity contribution in [2.24, 2.45) is 17.8 Å². The number of nitrogens with one attached hydrogen (secondary N) is 1. The van der Waals surface area contributed by atoms with Gasteiger partial charge < -0.3 is 10.2 Å². The van der Waals surface area contributed by atoms with Gasteiger partial charge in [-0.05, 0) is 61.9 Å². The Labute approximate surface area is 138 Å². The van der Waals surface area contributed by atoms with Gasteiger partial charge in [-0.1, -0.05) is 25.2 Å². The molecule has 0 radical (unpaired) electrons. The molecule has 5 heteroatoms. The molecule has 0 fully saturated rings. The quantitative estimate of drug-likeness (QED) is 0.427.